The normalized spacial score (nSPS) is 20.1. The van der Waals surface area contributed by atoms with Crippen molar-refractivity contribution >= 4 is 0 Å². The van der Waals surface area contributed by atoms with Crippen LogP contribution < -0.4 is 14.8 Å². The molecule has 0 spiro atoms. The molecule has 106 valence electrons. The molecule has 2 rings (SSSR count). The molecule has 1 N–H and O–H groups in total. The van der Waals surface area contributed by atoms with Crippen LogP contribution in [0.4, 0.5) is 0 Å². The van der Waals surface area contributed by atoms with Gasteiger partial charge in [0.2, 0.25) is 0 Å². The van der Waals surface area contributed by atoms with Gasteiger partial charge in [-0.1, -0.05) is 6.42 Å². The molecule has 0 unspecified atom stereocenters. The van der Waals surface area contributed by atoms with Crippen LogP contribution in [0.1, 0.15) is 40.0 Å². The lowest BCUT2D eigenvalue weighted by Crippen LogP contribution is -2.38. The zero-order chi connectivity index (χ0) is 13.7. The van der Waals surface area contributed by atoms with E-state index in [-0.39, 0.29) is 5.60 Å². The highest BCUT2D eigenvalue weighted by atomic mass is 16.5. The highest BCUT2D eigenvalue weighted by Gasteiger charge is 2.13. The van der Waals surface area contributed by atoms with Crippen molar-refractivity contribution in [3.8, 4) is 11.5 Å². The summed E-state index contributed by atoms with van der Waals surface area (Å²) in [7, 11) is 0. The molecule has 1 aromatic carbocycles. The maximum absolute atomic E-state index is 5.81. The van der Waals surface area contributed by atoms with Crippen molar-refractivity contribution in [2.75, 3.05) is 13.2 Å². The zero-order valence-corrected chi connectivity index (χ0v) is 12.2. The lowest BCUT2D eigenvalue weighted by molar-refractivity contribution is 0.130. The Morgan fingerprint density at radius 1 is 1.11 bits per heavy atom. The van der Waals surface area contributed by atoms with Crippen molar-refractivity contribution in [1.82, 2.24) is 5.32 Å². The Kier molecular flexibility index (Phi) is 4.70. The number of nitrogens with one attached hydrogen (secondary N) is 1. The predicted molar refractivity (Wildman–Crippen MR) is 78.0 cm³/mol. The van der Waals surface area contributed by atoms with E-state index in [1.807, 2.05) is 45.0 Å². The van der Waals surface area contributed by atoms with E-state index in [9.17, 15) is 0 Å². The Morgan fingerprint density at radius 3 is 2.37 bits per heavy atom. The second kappa shape index (κ2) is 6.29. The molecule has 0 saturated carbocycles. The van der Waals surface area contributed by atoms with Crippen molar-refractivity contribution in [2.24, 2.45) is 0 Å². The number of hydrogen-bond donors (Lipinski definition) is 1. The molecule has 0 aliphatic carbocycles. The van der Waals surface area contributed by atoms with Crippen molar-refractivity contribution in [1.29, 1.82) is 0 Å². The van der Waals surface area contributed by atoms with Gasteiger partial charge in [0.05, 0.1) is 0 Å². The molecular weight excluding hydrogens is 238 g/mol. The molecule has 1 heterocycles. The molecule has 1 saturated heterocycles. The molecule has 1 aromatic rings. The largest absolute Gasteiger partial charge is 0.492 e. The Hall–Kier alpha value is -1.22. The van der Waals surface area contributed by atoms with Crippen LogP contribution in [-0.4, -0.2) is 24.8 Å². The molecule has 0 aromatic heterocycles. The van der Waals surface area contributed by atoms with Gasteiger partial charge in [0.25, 0.3) is 0 Å². The van der Waals surface area contributed by atoms with Crippen molar-refractivity contribution in [2.45, 2.75) is 51.7 Å². The van der Waals surface area contributed by atoms with E-state index in [0.717, 1.165) is 24.7 Å². The first-order valence-electron chi connectivity index (χ1n) is 7.18. The van der Waals surface area contributed by atoms with Gasteiger partial charge < -0.3 is 14.8 Å². The molecule has 1 atom stereocenters. The van der Waals surface area contributed by atoms with Crippen LogP contribution in [0.2, 0.25) is 0 Å². The van der Waals surface area contributed by atoms with Crippen LogP contribution in [0.3, 0.4) is 0 Å². The van der Waals surface area contributed by atoms with Gasteiger partial charge in [0.15, 0.2) is 0 Å². The number of ether oxygens (including phenoxy) is 2. The summed E-state index contributed by atoms with van der Waals surface area (Å²) >= 11 is 0. The van der Waals surface area contributed by atoms with E-state index in [1.165, 1.54) is 19.3 Å². The summed E-state index contributed by atoms with van der Waals surface area (Å²) in [6.07, 6.45) is 3.81. The summed E-state index contributed by atoms with van der Waals surface area (Å²) in [6.45, 7) is 8.01. The molecule has 3 heteroatoms. The third-order valence-corrected chi connectivity index (χ3v) is 3.11. The second-order valence-corrected chi connectivity index (χ2v) is 6.14. The lowest BCUT2D eigenvalue weighted by Gasteiger charge is -2.24. The summed E-state index contributed by atoms with van der Waals surface area (Å²) in [5, 5.41) is 3.48. The molecule has 0 bridgehead atoms. The van der Waals surface area contributed by atoms with Gasteiger partial charge in [-0.15, -0.1) is 0 Å². The third kappa shape index (κ3) is 5.11. The van der Waals surface area contributed by atoms with E-state index in [4.69, 9.17) is 9.47 Å². The summed E-state index contributed by atoms with van der Waals surface area (Å²) in [5.41, 5.74) is -0.158. The van der Waals surface area contributed by atoms with Crippen molar-refractivity contribution < 1.29 is 9.47 Å². The van der Waals surface area contributed by atoms with E-state index >= 15 is 0 Å². The van der Waals surface area contributed by atoms with Gasteiger partial charge in [-0.05, 0) is 64.4 Å². The van der Waals surface area contributed by atoms with Gasteiger partial charge in [-0.25, -0.2) is 0 Å². The third-order valence-electron chi connectivity index (χ3n) is 3.11. The first-order chi connectivity index (χ1) is 9.03. The first-order valence-corrected chi connectivity index (χ1v) is 7.18. The molecule has 1 aliphatic rings. The van der Waals surface area contributed by atoms with Gasteiger partial charge in [-0.3, -0.25) is 0 Å². The van der Waals surface area contributed by atoms with Gasteiger partial charge in [0.1, 0.15) is 23.7 Å². The van der Waals surface area contributed by atoms with E-state index < -0.39 is 0 Å². The van der Waals surface area contributed by atoms with Gasteiger partial charge in [0, 0.05) is 6.04 Å². The van der Waals surface area contributed by atoms with Crippen LogP contribution in [0.25, 0.3) is 0 Å². The minimum Gasteiger partial charge on any atom is -0.492 e. The average Bonchev–Trinajstić information content (AvgIpc) is 2.37. The quantitative estimate of drug-likeness (QED) is 0.903. The second-order valence-electron chi connectivity index (χ2n) is 6.14. The van der Waals surface area contributed by atoms with Crippen LogP contribution in [0, 0.1) is 0 Å². The van der Waals surface area contributed by atoms with Gasteiger partial charge in [-0.2, -0.15) is 0 Å². The fraction of sp³-hybridized carbons (Fsp3) is 0.625. The Labute approximate surface area is 116 Å². The highest BCUT2D eigenvalue weighted by molar-refractivity contribution is 5.31. The van der Waals surface area contributed by atoms with Crippen LogP contribution in [0.5, 0.6) is 11.5 Å². The predicted octanol–water partition coefficient (Wildman–Crippen LogP) is 3.38. The van der Waals surface area contributed by atoms with Crippen LogP contribution in [0.15, 0.2) is 24.3 Å². The molecule has 3 nitrogen and oxygen atoms in total. The smallest absolute Gasteiger partial charge is 0.120 e. The molecule has 19 heavy (non-hydrogen) atoms. The Bertz CT molecular complexity index is 375. The topological polar surface area (TPSA) is 30.5 Å². The summed E-state index contributed by atoms with van der Waals surface area (Å²) < 4.78 is 11.6. The maximum atomic E-state index is 5.81. The maximum Gasteiger partial charge on any atom is 0.120 e. The SMILES string of the molecule is CC(C)(C)Oc1ccc(OC[C@H]2CCCCN2)cc1. The first kappa shape index (κ1) is 14.2. The average molecular weight is 263 g/mol. The van der Waals surface area contributed by atoms with Crippen molar-refractivity contribution in [3.63, 3.8) is 0 Å². The van der Waals surface area contributed by atoms with E-state index in [2.05, 4.69) is 5.32 Å². The Balaban J connectivity index is 1.81. The highest BCUT2D eigenvalue weighted by Crippen LogP contribution is 2.22. The van der Waals surface area contributed by atoms with Crippen LogP contribution >= 0.6 is 0 Å². The van der Waals surface area contributed by atoms with E-state index in [1.54, 1.807) is 0 Å². The standard InChI is InChI=1S/C16H25NO2/c1-16(2,3)19-15-9-7-14(8-10-15)18-12-13-6-4-5-11-17-13/h7-10,13,17H,4-6,11-12H2,1-3H3/t13-/m1/s1. The van der Waals surface area contributed by atoms with Crippen molar-refractivity contribution in [3.05, 3.63) is 24.3 Å². The fourth-order valence-corrected chi connectivity index (χ4v) is 2.22. The minimum atomic E-state index is -0.158. The number of benzene rings is 1. The number of rotatable bonds is 4. The molecule has 0 amide bonds. The monoisotopic (exact) mass is 263 g/mol. The van der Waals surface area contributed by atoms with Crippen LogP contribution in [-0.2, 0) is 0 Å². The molecular formula is C16H25NO2. The lowest BCUT2D eigenvalue weighted by atomic mass is 10.1. The zero-order valence-electron chi connectivity index (χ0n) is 12.2. The Morgan fingerprint density at radius 2 is 1.79 bits per heavy atom. The summed E-state index contributed by atoms with van der Waals surface area (Å²) in [5.74, 6) is 1.80. The summed E-state index contributed by atoms with van der Waals surface area (Å²) in [4.78, 5) is 0. The fourth-order valence-electron chi connectivity index (χ4n) is 2.22. The van der Waals surface area contributed by atoms with Gasteiger partial charge >= 0.3 is 0 Å². The molecule has 1 fully saturated rings. The summed E-state index contributed by atoms with van der Waals surface area (Å²) in [6, 6.07) is 8.39. The molecule has 0 radical (unpaired) electrons. The van der Waals surface area contributed by atoms with E-state index in [0.29, 0.717) is 6.04 Å². The molecule has 1 aliphatic heterocycles. The number of hydrogen-bond acceptors (Lipinski definition) is 3. The number of piperidine rings is 1. The minimum absolute atomic E-state index is 0.158.